The van der Waals surface area contributed by atoms with Crippen LogP contribution < -0.4 is 5.32 Å². The normalized spacial score (nSPS) is 10.9. The molecule has 0 aliphatic rings. The maximum Gasteiger partial charge on any atom is 0.418 e. The summed E-state index contributed by atoms with van der Waals surface area (Å²) in [6.45, 7) is 3.18. The van der Waals surface area contributed by atoms with E-state index in [0.717, 1.165) is 6.07 Å². The summed E-state index contributed by atoms with van der Waals surface area (Å²) in [5.41, 5.74) is 0.733. The lowest BCUT2D eigenvalue weighted by Gasteiger charge is -2.16. The van der Waals surface area contributed by atoms with Crippen molar-refractivity contribution < 1.29 is 18.0 Å². The summed E-state index contributed by atoms with van der Waals surface area (Å²) < 4.78 is 41.7. The number of nitrogens with zero attached hydrogens (tertiary/aromatic N) is 3. The average molecular weight is 408 g/mol. The van der Waals surface area contributed by atoms with Crippen LogP contribution in [0.15, 0.2) is 48.5 Å². The minimum absolute atomic E-state index is 0.0656. The van der Waals surface area contributed by atoms with Crippen molar-refractivity contribution in [2.75, 3.05) is 5.32 Å². The second-order valence-electron chi connectivity index (χ2n) is 6.57. The van der Waals surface area contributed by atoms with Gasteiger partial charge in [0.2, 0.25) is 0 Å². The third-order valence-corrected chi connectivity index (χ3v) is 4.64. The number of rotatable bonds is 3. The zero-order valence-electron chi connectivity index (χ0n) is 16.0. The maximum atomic E-state index is 13.4. The van der Waals surface area contributed by atoms with Crippen molar-refractivity contribution in [1.29, 1.82) is 10.5 Å². The Bertz CT molecular complexity index is 1230. The van der Waals surface area contributed by atoms with Crippen molar-refractivity contribution in [1.82, 2.24) is 4.57 Å². The summed E-state index contributed by atoms with van der Waals surface area (Å²) in [6.07, 6.45) is -4.54. The van der Waals surface area contributed by atoms with E-state index >= 15 is 0 Å². The maximum absolute atomic E-state index is 13.4. The molecule has 30 heavy (non-hydrogen) atoms. The highest BCUT2D eigenvalue weighted by molar-refractivity contribution is 6.05. The second kappa shape index (κ2) is 7.76. The number of benzene rings is 2. The molecule has 5 nitrogen and oxygen atoms in total. The fourth-order valence-electron chi connectivity index (χ4n) is 3.28. The molecule has 0 unspecified atom stereocenters. The number of aromatic nitrogens is 1. The van der Waals surface area contributed by atoms with E-state index < -0.39 is 17.6 Å². The quantitative estimate of drug-likeness (QED) is 0.654. The largest absolute Gasteiger partial charge is 0.418 e. The molecule has 0 saturated carbocycles. The summed E-state index contributed by atoms with van der Waals surface area (Å²) in [7, 11) is 0. The zero-order chi connectivity index (χ0) is 22.1. The Balaban J connectivity index is 2.01. The van der Waals surface area contributed by atoms with E-state index in [-0.39, 0.29) is 22.4 Å². The van der Waals surface area contributed by atoms with Gasteiger partial charge in [0, 0.05) is 17.1 Å². The highest BCUT2D eigenvalue weighted by Gasteiger charge is 2.34. The Morgan fingerprint density at radius 2 is 1.67 bits per heavy atom. The number of hydrogen-bond donors (Lipinski definition) is 1. The number of anilines is 1. The zero-order valence-corrected chi connectivity index (χ0v) is 16.0. The van der Waals surface area contributed by atoms with Crippen LogP contribution in [-0.2, 0) is 6.18 Å². The third kappa shape index (κ3) is 3.76. The van der Waals surface area contributed by atoms with Crippen LogP contribution in [0.1, 0.15) is 38.4 Å². The van der Waals surface area contributed by atoms with Gasteiger partial charge >= 0.3 is 6.18 Å². The Hall–Kier alpha value is -4.04. The van der Waals surface area contributed by atoms with Gasteiger partial charge in [0.05, 0.1) is 27.9 Å². The third-order valence-electron chi connectivity index (χ3n) is 4.64. The smallest absolute Gasteiger partial charge is 0.322 e. The lowest BCUT2D eigenvalue weighted by molar-refractivity contribution is -0.137. The minimum atomic E-state index is -4.54. The minimum Gasteiger partial charge on any atom is -0.322 e. The van der Waals surface area contributed by atoms with Crippen molar-refractivity contribution >= 4 is 11.6 Å². The number of nitriles is 2. The van der Waals surface area contributed by atoms with Gasteiger partial charge in [-0.3, -0.25) is 4.79 Å². The van der Waals surface area contributed by atoms with Crippen molar-refractivity contribution in [3.8, 4) is 17.8 Å². The first-order valence-corrected chi connectivity index (χ1v) is 8.78. The average Bonchev–Trinajstić information content (AvgIpc) is 3.01. The van der Waals surface area contributed by atoms with Gasteiger partial charge in [0.1, 0.15) is 12.1 Å². The molecule has 3 aromatic rings. The Morgan fingerprint density at radius 3 is 2.30 bits per heavy atom. The lowest BCUT2D eigenvalue weighted by atomic mass is 10.1. The van der Waals surface area contributed by atoms with Crippen LogP contribution in [0.25, 0.3) is 5.69 Å². The van der Waals surface area contributed by atoms with Crippen LogP contribution >= 0.6 is 0 Å². The van der Waals surface area contributed by atoms with E-state index in [4.69, 9.17) is 10.5 Å². The molecule has 1 heterocycles. The van der Waals surface area contributed by atoms with Crippen LogP contribution in [0, 0.1) is 36.5 Å². The van der Waals surface area contributed by atoms with Gasteiger partial charge in [-0.2, -0.15) is 23.7 Å². The number of alkyl halides is 3. The van der Waals surface area contributed by atoms with Gasteiger partial charge in [-0.1, -0.05) is 12.1 Å². The van der Waals surface area contributed by atoms with Gasteiger partial charge in [0.15, 0.2) is 0 Å². The molecule has 1 aromatic heterocycles. The summed E-state index contributed by atoms with van der Waals surface area (Å²) in [5, 5.41) is 20.7. The van der Waals surface area contributed by atoms with E-state index in [1.807, 2.05) is 12.1 Å². The van der Waals surface area contributed by atoms with Gasteiger partial charge in [-0.05, 0) is 50.2 Å². The summed E-state index contributed by atoms with van der Waals surface area (Å²) >= 11 is 0. The number of halogens is 3. The van der Waals surface area contributed by atoms with E-state index in [9.17, 15) is 18.0 Å². The summed E-state index contributed by atoms with van der Waals surface area (Å²) in [4.78, 5) is 12.8. The van der Waals surface area contributed by atoms with E-state index in [2.05, 4.69) is 5.32 Å². The highest BCUT2D eigenvalue weighted by Crippen LogP contribution is 2.35. The molecule has 0 aliphatic heterocycles. The van der Waals surface area contributed by atoms with Crippen molar-refractivity contribution in [3.63, 3.8) is 0 Å². The molecule has 0 fully saturated rings. The van der Waals surface area contributed by atoms with Gasteiger partial charge < -0.3 is 9.88 Å². The molecule has 150 valence electrons. The molecule has 1 N–H and O–H groups in total. The predicted molar refractivity (Wildman–Crippen MR) is 104 cm³/mol. The Morgan fingerprint density at radius 1 is 1.00 bits per heavy atom. The first kappa shape index (κ1) is 20.7. The Labute approximate surface area is 170 Å². The molecule has 0 atom stereocenters. The topological polar surface area (TPSA) is 81.6 Å². The number of carbonyl (C=O) groups is 1. The number of carbonyl (C=O) groups excluding carboxylic acids is 1. The van der Waals surface area contributed by atoms with Gasteiger partial charge in [-0.15, -0.1) is 0 Å². The van der Waals surface area contributed by atoms with Crippen molar-refractivity contribution in [2.45, 2.75) is 20.0 Å². The first-order chi connectivity index (χ1) is 14.2. The predicted octanol–water partition coefficient (Wildman–Crippen LogP) is 5.11. The fraction of sp³-hybridized carbons (Fsp3) is 0.136. The van der Waals surface area contributed by atoms with Crippen LogP contribution in [-0.4, -0.2) is 10.5 Å². The number of nitrogens with one attached hydrogen (secondary N) is 1. The monoisotopic (exact) mass is 408 g/mol. The van der Waals surface area contributed by atoms with Crippen LogP contribution in [0.5, 0.6) is 0 Å². The van der Waals surface area contributed by atoms with Crippen molar-refractivity contribution in [2.24, 2.45) is 0 Å². The molecule has 8 heteroatoms. The molecule has 0 spiro atoms. The second-order valence-corrected chi connectivity index (χ2v) is 6.57. The van der Waals surface area contributed by atoms with E-state index in [0.29, 0.717) is 17.1 Å². The first-order valence-electron chi connectivity index (χ1n) is 8.78. The molecular weight excluding hydrogens is 393 g/mol. The molecule has 0 saturated heterocycles. The summed E-state index contributed by atoms with van der Waals surface area (Å²) in [5.74, 6) is -0.535. The number of aryl methyl sites for hydroxylation is 1. The molecule has 0 aliphatic carbocycles. The molecule has 0 radical (unpaired) electrons. The highest BCUT2D eigenvalue weighted by atomic mass is 19.4. The van der Waals surface area contributed by atoms with Crippen LogP contribution in [0.2, 0.25) is 0 Å². The molecule has 1 amide bonds. The number of hydrogen-bond acceptors (Lipinski definition) is 3. The summed E-state index contributed by atoms with van der Waals surface area (Å²) in [6, 6.07) is 14.7. The van der Waals surface area contributed by atoms with Crippen molar-refractivity contribution in [3.05, 3.63) is 82.2 Å². The fourth-order valence-corrected chi connectivity index (χ4v) is 3.28. The standard InChI is InChI=1S/C22H15F3N4O/c1-13-9-18(21(30)28-17-8-7-15(11-26)16(10-17)12-27)14(2)29(13)20-6-4-3-5-19(20)22(23,24)25/h3-10H,1-2H3,(H,28,30). The Kier molecular flexibility index (Phi) is 5.35. The van der Waals surface area contributed by atoms with Crippen LogP contribution in [0.3, 0.4) is 0 Å². The van der Waals surface area contributed by atoms with Gasteiger partial charge in [0.25, 0.3) is 5.91 Å². The molecule has 3 rings (SSSR count). The molecular formula is C22H15F3N4O. The molecule has 0 bridgehead atoms. The molecule has 2 aromatic carbocycles. The number of amides is 1. The number of para-hydroxylation sites is 1. The van der Waals surface area contributed by atoms with E-state index in [1.54, 1.807) is 13.8 Å². The van der Waals surface area contributed by atoms with Crippen LogP contribution in [0.4, 0.5) is 18.9 Å². The SMILES string of the molecule is Cc1cc(C(=O)Nc2ccc(C#N)c(C#N)c2)c(C)n1-c1ccccc1C(F)(F)F. The van der Waals surface area contributed by atoms with Gasteiger partial charge in [-0.25, -0.2) is 0 Å². The van der Waals surface area contributed by atoms with E-state index in [1.165, 1.54) is 47.0 Å². The lowest BCUT2D eigenvalue weighted by Crippen LogP contribution is -2.15.